The third-order valence-corrected chi connectivity index (χ3v) is 6.05. The highest BCUT2D eigenvalue weighted by molar-refractivity contribution is 5.94. The quantitative estimate of drug-likeness (QED) is 0.642. The van der Waals surface area contributed by atoms with Crippen molar-refractivity contribution >= 4 is 5.91 Å². The fraction of sp³-hybridized carbons (Fsp3) is 0.417. The van der Waals surface area contributed by atoms with Crippen LogP contribution in [0.4, 0.5) is 0 Å². The Bertz CT molecular complexity index is 1100. The van der Waals surface area contributed by atoms with Crippen molar-refractivity contribution in [2.75, 3.05) is 20.2 Å². The number of hydrogen-bond acceptors (Lipinski definition) is 6. The molecule has 1 aliphatic heterocycles. The maximum Gasteiger partial charge on any atom is 0.253 e. The summed E-state index contributed by atoms with van der Waals surface area (Å²) in [5, 5.41) is 11.8. The number of fused-ring (bicyclic) bond motifs is 1. The van der Waals surface area contributed by atoms with Gasteiger partial charge in [-0.25, -0.2) is 0 Å². The second-order valence-electron chi connectivity index (χ2n) is 8.34. The Morgan fingerprint density at radius 2 is 2.03 bits per heavy atom. The van der Waals surface area contributed by atoms with Crippen molar-refractivity contribution in [2.45, 2.75) is 46.3 Å². The van der Waals surface area contributed by atoms with E-state index in [9.17, 15) is 4.79 Å². The number of nitrogens with one attached hydrogen (secondary N) is 1. The van der Waals surface area contributed by atoms with E-state index in [0.29, 0.717) is 5.56 Å². The molecular formula is C24H30N6O2. The van der Waals surface area contributed by atoms with E-state index in [4.69, 9.17) is 4.74 Å². The zero-order valence-electron chi connectivity index (χ0n) is 19.1. The van der Waals surface area contributed by atoms with E-state index in [1.165, 1.54) is 11.1 Å². The Balaban J connectivity index is 1.43. The van der Waals surface area contributed by atoms with E-state index in [-0.39, 0.29) is 11.9 Å². The lowest BCUT2D eigenvalue weighted by molar-refractivity contribution is 0.0937. The number of carbonyl (C=O) groups excluding carboxylic acids is 1. The van der Waals surface area contributed by atoms with Crippen LogP contribution < -0.4 is 10.1 Å². The number of aromatic nitrogens is 4. The first-order valence-corrected chi connectivity index (χ1v) is 11.0. The molecule has 0 bridgehead atoms. The van der Waals surface area contributed by atoms with Gasteiger partial charge in [0.15, 0.2) is 5.82 Å². The molecule has 1 N–H and O–H groups in total. The Kier molecular flexibility index (Phi) is 6.50. The van der Waals surface area contributed by atoms with E-state index < -0.39 is 0 Å². The highest BCUT2D eigenvalue weighted by Gasteiger charge is 2.23. The number of amides is 1. The summed E-state index contributed by atoms with van der Waals surface area (Å²) in [6.07, 6.45) is 4.04. The minimum atomic E-state index is -0.248. The Morgan fingerprint density at radius 3 is 2.78 bits per heavy atom. The molecule has 0 spiro atoms. The van der Waals surface area contributed by atoms with Gasteiger partial charge in [0.25, 0.3) is 5.91 Å². The lowest BCUT2D eigenvalue weighted by Gasteiger charge is -2.22. The topological polar surface area (TPSA) is 85.2 Å². The molecule has 1 aromatic carbocycles. The summed E-state index contributed by atoms with van der Waals surface area (Å²) in [6, 6.07) is 7.59. The first-order valence-electron chi connectivity index (χ1n) is 11.0. The molecule has 0 saturated carbocycles. The number of pyridine rings is 1. The van der Waals surface area contributed by atoms with E-state index >= 15 is 0 Å². The van der Waals surface area contributed by atoms with Gasteiger partial charge in [0, 0.05) is 45.0 Å². The Labute approximate surface area is 188 Å². The third kappa shape index (κ3) is 4.65. The monoisotopic (exact) mass is 434 g/mol. The highest BCUT2D eigenvalue weighted by atomic mass is 16.5. The summed E-state index contributed by atoms with van der Waals surface area (Å²) in [4.78, 5) is 19.0. The molecule has 1 amide bonds. The number of rotatable bonds is 6. The largest absolute Gasteiger partial charge is 0.496 e. The summed E-state index contributed by atoms with van der Waals surface area (Å²) >= 11 is 0. The maximum absolute atomic E-state index is 12.5. The fourth-order valence-electron chi connectivity index (χ4n) is 4.19. The van der Waals surface area contributed by atoms with Crippen molar-refractivity contribution < 1.29 is 9.53 Å². The summed E-state index contributed by atoms with van der Waals surface area (Å²) < 4.78 is 7.60. The molecule has 1 atom stereocenters. The molecule has 8 heteroatoms. The van der Waals surface area contributed by atoms with Crippen LogP contribution in [0.2, 0.25) is 0 Å². The molecule has 2 aromatic heterocycles. The molecule has 0 radical (unpaired) electrons. The summed E-state index contributed by atoms with van der Waals surface area (Å²) in [5.41, 5.74) is 4.24. The van der Waals surface area contributed by atoms with Crippen molar-refractivity contribution in [2.24, 2.45) is 0 Å². The SMILES string of the molecule is COc1cc(C)c(CN2CCc3nnc(C(C)NC(=O)c4cccnc4)n3CC2)cc1C. The third-order valence-electron chi connectivity index (χ3n) is 6.05. The van der Waals surface area contributed by atoms with Gasteiger partial charge in [-0.05, 0) is 55.7 Å². The minimum absolute atomic E-state index is 0.163. The predicted molar refractivity (Wildman–Crippen MR) is 122 cm³/mol. The van der Waals surface area contributed by atoms with Crippen LogP contribution in [-0.2, 0) is 19.5 Å². The van der Waals surface area contributed by atoms with Crippen molar-refractivity contribution in [3.05, 3.63) is 70.6 Å². The van der Waals surface area contributed by atoms with Crippen molar-refractivity contribution in [1.29, 1.82) is 0 Å². The smallest absolute Gasteiger partial charge is 0.253 e. The van der Waals surface area contributed by atoms with Gasteiger partial charge in [-0.2, -0.15) is 0 Å². The zero-order chi connectivity index (χ0) is 22.7. The van der Waals surface area contributed by atoms with Crippen LogP contribution in [0.25, 0.3) is 0 Å². The number of methoxy groups -OCH3 is 1. The molecular weight excluding hydrogens is 404 g/mol. The molecule has 8 nitrogen and oxygen atoms in total. The van der Waals surface area contributed by atoms with Crippen molar-refractivity contribution in [1.82, 2.24) is 30.0 Å². The van der Waals surface area contributed by atoms with Crippen molar-refractivity contribution in [3.63, 3.8) is 0 Å². The van der Waals surface area contributed by atoms with Gasteiger partial charge < -0.3 is 14.6 Å². The number of aryl methyl sites for hydroxylation is 2. The first-order chi connectivity index (χ1) is 15.5. The number of hydrogen-bond donors (Lipinski definition) is 1. The summed E-state index contributed by atoms with van der Waals surface area (Å²) in [6.45, 7) is 9.65. The van der Waals surface area contributed by atoms with Crippen LogP contribution in [0.15, 0.2) is 36.7 Å². The Morgan fingerprint density at radius 1 is 1.19 bits per heavy atom. The van der Waals surface area contributed by atoms with Gasteiger partial charge in [-0.15, -0.1) is 10.2 Å². The molecule has 3 aromatic rings. The molecule has 0 saturated heterocycles. The fourth-order valence-corrected chi connectivity index (χ4v) is 4.19. The van der Waals surface area contributed by atoms with Gasteiger partial charge in [0.05, 0.1) is 18.7 Å². The Hall–Kier alpha value is -3.26. The predicted octanol–water partition coefficient (Wildman–Crippen LogP) is 2.85. The number of carbonyl (C=O) groups is 1. The minimum Gasteiger partial charge on any atom is -0.496 e. The average Bonchev–Trinajstić information content (AvgIpc) is 3.11. The normalized spacial score (nSPS) is 15.0. The lowest BCUT2D eigenvalue weighted by Crippen LogP contribution is -2.30. The van der Waals surface area contributed by atoms with Crippen LogP contribution in [0.3, 0.4) is 0 Å². The molecule has 0 aliphatic carbocycles. The van der Waals surface area contributed by atoms with Gasteiger partial charge in [0.1, 0.15) is 11.6 Å². The molecule has 32 heavy (non-hydrogen) atoms. The average molecular weight is 435 g/mol. The van der Waals surface area contributed by atoms with E-state index in [1.54, 1.807) is 31.6 Å². The van der Waals surface area contributed by atoms with Crippen LogP contribution >= 0.6 is 0 Å². The van der Waals surface area contributed by atoms with Crippen LogP contribution in [-0.4, -0.2) is 50.8 Å². The van der Waals surface area contributed by atoms with Crippen LogP contribution in [0.5, 0.6) is 5.75 Å². The second-order valence-corrected chi connectivity index (χ2v) is 8.34. The lowest BCUT2D eigenvalue weighted by atomic mass is 10.0. The van der Waals surface area contributed by atoms with Gasteiger partial charge in [0.2, 0.25) is 0 Å². The van der Waals surface area contributed by atoms with E-state index in [1.807, 2.05) is 6.92 Å². The molecule has 1 aliphatic rings. The van der Waals surface area contributed by atoms with Crippen LogP contribution in [0, 0.1) is 13.8 Å². The van der Waals surface area contributed by atoms with Crippen LogP contribution in [0.1, 0.15) is 51.7 Å². The molecule has 168 valence electrons. The highest BCUT2D eigenvalue weighted by Crippen LogP contribution is 2.24. The summed E-state index contributed by atoms with van der Waals surface area (Å²) in [5.74, 6) is 2.52. The number of ether oxygens (including phenoxy) is 1. The molecule has 4 rings (SSSR count). The van der Waals surface area contributed by atoms with Gasteiger partial charge in [-0.3, -0.25) is 14.7 Å². The van der Waals surface area contributed by atoms with Gasteiger partial charge in [-0.1, -0.05) is 6.07 Å². The first kappa shape index (κ1) is 22.0. The molecule has 1 unspecified atom stereocenters. The number of benzene rings is 1. The molecule has 3 heterocycles. The van der Waals surface area contributed by atoms with E-state index in [0.717, 1.165) is 55.6 Å². The molecule has 0 fully saturated rings. The second kappa shape index (κ2) is 9.48. The summed E-state index contributed by atoms with van der Waals surface area (Å²) in [7, 11) is 1.71. The zero-order valence-corrected chi connectivity index (χ0v) is 19.1. The van der Waals surface area contributed by atoms with Gasteiger partial charge >= 0.3 is 0 Å². The maximum atomic E-state index is 12.5. The van der Waals surface area contributed by atoms with Crippen molar-refractivity contribution in [3.8, 4) is 5.75 Å². The standard InChI is InChI=1S/C24H30N6O2/c1-16-13-21(32-4)17(2)12-20(16)15-29-9-7-22-27-28-23(30(22)11-10-29)18(3)26-24(31)19-6-5-8-25-14-19/h5-6,8,12-14,18H,7,9-11,15H2,1-4H3,(H,26,31). The number of nitrogens with zero attached hydrogens (tertiary/aromatic N) is 5. The van der Waals surface area contributed by atoms with E-state index in [2.05, 4.69) is 55.9 Å².